The van der Waals surface area contributed by atoms with Crippen molar-refractivity contribution in [1.82, 2.24) is 4.98 Å². The molecule has 0 spiro atoms. The summed E-state index contributed by atoms with van der Waals surface area (Å²) in [4.78, 5) is 4.13. The van der Waals surface area contributed by atoms with Crippen molar-refractivity contribution >= 4 is 11.3 Å². The maximum absolute atomic E-state index is 4.13. The molecule has 0 N–H and O–H groups in total. The summed E-state index contributed by atoms with van der Waals surface area (Å²) in [6.45, 7) is 8.02. The Morgan fingerprint density at radius 3 is 2.00 bits per heavy atom. The Labute approximate surface area is 60.8 Å². The molecule has 52 valence electrons. The largest absolute Gasteiger partial charge is 0.247 e. The molecule has 0 aliphatic heterocycles. The highest BCUT2D eigenvalue weighted by Crippen LogP contribution is 2.04. The highest BCUT2D eigenvalue weighted by atomic mass is 32.1. The number of aromatic nitrogens is 1. The molecule has 0 saturated heterocycles. The van der Waals surface area contributed by atoms with E-state index < -0.39 is 0 Å². The molecule has 0 atom stereocenters. The molecule has 1 rings (SSSR count). The topological polar surface area (TPSA) is 12.9 Å². The summed E-state index contributed by atoms with van der Waals surface area (Å²) in [5.74, 6) is 0. The quantitative estimate of drug-likeness (QED) is 0.544. The van der Waals surface area contributed by atoms with Gasteiger partial charge in [0.1, 0.15) is 0 Å². The summed E-state index contributed by atoms with van der Waals surface area (Å²) in [7, 11) is 0. The molecule has 0 fully saturated rings. The van der Waals surface area contributed by atoms with Gasteiger partial charge in [-0.15, -0.1) is 11.3 Å². The molecule has 0 saturated carbocycles. The van der Waals surface area contributed by atoms with Crippen LogP contribution in [-0.4, -0.2) is 4.98 Å². The van der Waals surface area contributed by atoms with Gasteiger partial charge in [0.25, 0.3) is 0 Å². The molecule has 9 heavy (non-hydrogen) atoms. The molecule has 0 aliphatic rings. The fraction of sp³-hybridized carbons (Fsp3) is 0.571. The van der Waals surface area contributed by atoms with E-state index in [0.717, 1.165) is 10.7 Å². The van der Waals surface area contributed by atoms with Gasteiger partial charge in [0.2, 0.25) is 0 Å². The van der Waals surface area contributed by atoms with Crippen LogP contribution in [-0.2, 0) is 0 Å². The highest BCUT2D eigenvalue weighted by Gasteiger charge is 1.85. The summed E-state index contributed by atoms with van der Waals surface area (Å²) >= 11 is 1.69. The standard InChI is InChI=1S/C5H7NS.C2H6/c1-4-3-7-5(2)6-4;1-2/h3H,1-2H3;1-2H3. The maximum Gasteiger partial charge on any atom is 0.0897 e. The molecule has 1 aromatic heterocycles. The summed E-state index contributed by atoms with van der Waals surface area (Å²) in [6, 6.07) is 0. The number of hydrogen-bond donors (Lipinski definition) is 0. The Kier molecular flexibility index (Phi) is 4.32. The zero-order valence-corrected chi connectivity index (χ0v) is 7.25. The third-order valence-electron chi connectivity index (χ3n) is 0.734. The normalized spacial score (nSPS) is 8.00. The number of aryl methyl sites for hydroxylation is 2. The van der Waals surface area contributed by atoms with Gasteiger partial charge >= 0.3 is 0 Å². The van der Waals surface area contributed by atoms with Gasteiger partial charge in [-0.1, -0.05) is 13.8 Å². The second-order valence-electron chi connectivity index (χ2n) is 1.51. The summed E-state index contributed by atoms with van der Waals surface area (Å²) in [5, 5.41) is 3.20. The lowest BCUT2D eigenvalue weighted by Crippen LogP contribution is -1.67. The first kappa shape index (κ1) is 8.63. The van der Waals surface area contributed by atoms with E-state index in [0.29, 0.717) is 0 Å². The summed E-state index contributed by atoms with van der Waals surface area (Å²) < 4.78 is 0. The van der Waals surface area contributed by atoms with Gasteiger partial charge in [0.15, 0.2) is 0 Å². The molecular formula is C7H13NS. The van der Waals surface area contributed by atoms with Crippen molar-refractivity contribution in [2.45, 2.75) is 27.7 Å². The van der Waals surface area contributed by atoms with Gasteiger partial charge < -0.3 is 0 Å². The van der Waals surface area contributed by atoms with E-state index in [1.165, 1.54) is 0 Å². The summed E-state index contributed by atoms with van der Waals surface area (Å²) in [6.07, 6.45) is 0. The molecule has 0 amide bonds. The predicted octanol–water partition coefficient (Wildman–Crippen LogP) is 2.79. The van der Waals surface area contributed by atoms with Crippen LogP contribution in [0.15, 0.2) is 5.38 Å². The minimum Gasteiger partial charge on any atom is -0.247 e. The minimum atomic E-state index is 1.13. The molecule has 0 radical (unpaired) electrons. The number of nitrogens with zero attached hydrogens (tertiary/aromatic N) is 1. The highest BCUT2D eigenvalue weighted by molar-refractivity contribution is 7.09. The van der Waals surface area contributed by atoms with Crippen molar-refractivity contribution in [2.75, 3.05) is 0 Å². The van der Waals surface area contributed by atoms with Crippen molar-refractivity contribution in [2.24, 2.45) is 0 Å². The Balaban J connectivity index is 0.000000291. The van der Waals surface area contributed by atoms with Crippen molar-refractivity contribution < 1.29 is 0 Å². The predicted molar refractivity (Wildman–Crippen MR) is 42.9 cm³/mol. The van der Waals surface area contributed by atoms with Gasteiger partial charge in [0.05, 0.1) is 5.01 Å². The maximum atomic E-state index is 4.13. The van der Waals surface area contributed by atoms with Gasteiger partial charge in [-0.25, -0.2) is 4.98 Å². The molecule has 1 aromatic rings. The van der Waals surface area contributed by atoms with Crippen LogP contribution in [0.1, 0.15) is 24.5 Å². The zero-order valence-electron chi connectivity index (χ0n) is 6.43. The van der Waals surface area contributed by atoms with Crippen LogP contribution >= 0.6 is 11.3 Å². The average Bonchev–Trinajstić information content (AvgIpc) is 2.20. The molecule has 0 aliphatic carbocycles. The van der Waals surface area contributed by atoms with Gasteiger partial charge in [-0.2, -0.15) is 0 Å². The molecular weight excluding hydrogens is 130 g/mol. The van der Waals surface area contributed by atoms with E-state index in [1.807, 2.05) is 27.7 Å². The van der Waals surface area contributed by atoms with E-state index >= 15 is 0 Å². The van der Waals surface area contributed by atoms with E-state index in [-0.39, 0.29) is 0 Å². The second-order valence-corrected chi connectivity index (χ2v) is 2.57. The number of thiazole rings is 1. The monoisotopic (exact) mass is 143 g/mol. The molecule has 1 heterocycles. The van der Waals surface area contributed by atoms with Gasteiger partial charge in [0, 0.05) is 11.1 Å². The van der Waals surface area contributed by atoms with Crippen LogP contribution in [0.4, 0.5) is 0 Å². The number of rotatable bonds is 0. The zero-order chi connectivity index (χ0) is 7.28. The first-order valence-corrected chi connectivity index (χ1v) is 4.06. The fourth-order valence-electron chi connectivity index (χ4n) is 0.472. The smallest absolute Gasteiger partial charge is 0.0897 e. The Morgan fingerprint density at radius 2 is 1.89 bits per heavy atom. The lowest BCUT2D eigenvalue weighted by Gasteiger charge is -1.71. The van der Waals surface area contributed by atoms with Gasteiger partial charge in [-0.3, -0.25) is 0 Å². The molecule has 0 bridgehead atoms. The Bertz CT molecular complexity index is 141. The summed E-state index contributed by atoms with van der Waals surface area (Å²) in [5.41, 5.74) is 1.13. The SMILES string of the molecule is CC.Cc1csc(C)n1. The van der Waals surface area contributed by atoms with E-state index in [4.69, 9.17) is 0 Å². The van der Waals surface area contributed by atoms with Gasteiger partial charge in [-0.05, 0) is 13.8 Å². The molecule has 0 aromatic carbocycles. The van der Waals surface area contributed by atoms with Crippen LogP contribution in [0, 0.1) is 13.8 Å². The first-order valence-electron chi connectivity index (χ1n) is 3.18. The van der Waals surface area contributed by atoms with E-state index in [1.54, 1.807) is 11.3 Å². The van der Waals surface area contributed by atoms with Crippen molar-refractivity contribution in [3.8, 4) is 0 Å². The van der Waals surface area contributed by atoms with E-state index in [9.17, 15) is 0 Å². The molecule has 1 nitrogen and oxygen atoms in total. The average molecular weight is 143 g/mol. The van der Waals surface area contributed by atoms with Crippen molar-refractivity contribution in [1.29, 1.82) is 0 Å². The van der Waals surface area contributed by atoms with Crippen molar-refractivity contribution in [3.63, 3.8) is 0 Å². The molecule has 2 heteroatoms. The minimum absolute atomic E-state index is 1.13. The third kappa shape index (κ3) is 3.25. The van der Waals surface area contributed by atoms with E-state index in [2.05, 4.69) is 10.4 Å². The Hall–Kier alpha value is -0.370. The Morgan fingerprint density at radius 1 is 1.33 bits per heavy atom. The number of hydrogen-bond acceptors (Lipinski definition) is 2. The lowest BCUT2D eigenvalue weighted by molar-refractivity contribution is 1.20. The lowest BCUT2D eigenvalue weighted by atomic mass is 10.6. The fourth-order valence-corrected chi connectivity index (χ4v) is 1.06. The second kappa shape index (κ2) is 4.50. The van der Waals surface area contributed by atoms with Crippen LogP contribution < -0.4 is 0 Å². The van der Waals surface area contributed by atoms with Crippen molar-refractivity contribution in [3.05, 3.63) is 16.1 Å². The van der Waals surface area contributed by atoms with Crippen LogP contribution in [0.2, 0.25) is 0 Å². The van der Waals surface area contributed by atoms with Crippen LogP contribution in [0.5, 0.6) is 0 Å². The van der Waals surface area contributed by atoms with Crippen LogP contribution in [0.3, 0.4) is 0 Å². The van der Waals surface area contributed by atoms with Crippen LogP contribution in [0.25, 0.3) is 0 Å². The first-order chi connectivity index (χ1) is 4.29. The molecule has 0 unspecified atom stereocenters. The third-order valence-corrected chi connectivity index (χ3v) is 1.63.